The minimum atomic E-state index is -0.196. The van der Waals surface area contributed by atoms with Gasteiger partial charge in [-0.2, -0.15) is 5.10 Å². The van der Waals surface area contributed by atoms with Crippen LogP contribution >= 0.6 is 12.4 Å². The number of rotatable bonds is 6. The normalized spacial score (nSPS) is 16.2. The minimum absolute atomic E-state index is 0. The average molecular weight is 408 g/mol. The fourth-order valence-corrected chi connectivity index (χ4v) is 3.19. The van der Waals surface area contributed by atoms with Crippen molar-refractivity contribution in [1.82, 2.24) is 20.0 Å². The molecule has 1 unspecified atom stereocenters. The quantitative estimate of drug-likeness (QED) is 0.749. The fourth-order valence-electron chi connectivity index (χ4n) is 3.19. The van der Waals surface area contributed by atoms with Crippen LogP contribution in [0.1, 0.15) is 23.3 Å². The van der Waals surface area contributed by atoms with Crippen molar-refractivity contribution in [1.29, 1.82) is 0 Å². The maximum Gasteiger partial charge on any atom is 0.274 e. The molecule has 1 saturated heterocycles. The van der Waals surface area contributed by atoms with Crippen molar-refractivity contribution in [3.63, 3.8) is 0 Å². The van der Waals surface area contributed by atoms with Crippen molar-refractivity contribution in [2.45, 2.75) is 12.8 Å². The van der Waals surface area contributed by atoms with Crippen molar-refractivity contribution >= 4 is 24.2 Å². The molecule has 0 aliphatic carbocycles. The molecule has 2 amide bonds. The van der Waals surface area contributed by atoms with Gasteiger partial charge < -0.3 is 20.7 Å². The highest BCUT2D eigenvalue weighted by Crippen LogP contribution is 2.19. The summed E-state index contributed by atoms with van der Waals surface area (Å²) in [6, 6.07) is 9.13. The van der Waals surface area contributed by atoms with Gasteiger partial charge >= 0.3 is 0 Å². The van der Waals surface area contributed by atoms with E-state index in [-0.39, 0.29) is 30.1 Å². The highest BCUT2D eigenvalue weighted by molar-refractivity contribution is 5.93. The van der Waals surface area contributed by atoms with Crippen LogP contribution in [-0.2, 0) is 4.79 Å². The molecule has 0 spiro atoms. The van der Waals surface area contributed by atoms with Crippen molar-refractivity contribution in [3.8, 4) is 11.4 Å². The zero-order chi connectivity index (χ0) is 19.2. The number of benzene rings is 1. The Bertz CT molecular complexity index is 793. The number of carbonyl (C=O) groups is 2. The Labute approximate surface area is 170 Å². The van der Waals surface area contributed by atoms with Crippen LogP contribution in [0.3, 0.4) is 0 Å². The Morgan fingerprint density at radius 2 is 2.04 bits per heavy atom. The highest BCUT2D eigenvalue weighted by Gasteiger charge is 2.29. The van der Waals surface area contributed by atoms with Gasteiger partial charge in [0.1, 0.15) is 5.75 Å². The molecular formula is C19H26ClN5O3. The fraction of sp³-hybridized carbons (Fsp3) is 0.421. The molecule has 1 aromatic heterocycles. The van der Waals surface area contributed by atoms with Crippen molar-refractivity contribution in [2.75, 3.05) is 33.3 Å². The first-order valence-corrected chi connectivity index (χ1v) is 9.09. The number of aromatic nitrogens is 2. The molecule has 0 bridgehead atoms. The summed E-state index contributed by atoms with van der Waals surface area (Å²) in [5, 5.41) is 7.20. The van der Waals surface area contributed by atoms with Gasteiger partial charge in [-0.05, 0) is 43.2 Å². The summed E-state index contributed by atoms with van der Waals surface area (Å²) in [4.78, 5) is 26.7. The molecule has 28 heavy (non-hydrogen) atoms. The predicted molar refractivity (Wildman–Crippen MR) is 108 cm³/mol. The summed E-state index contributed by atoms with van der Waals surface area (Å²) in [5.74, 6) is 0.368. The number of nitrogens with two attached hydrogens (primary N) is 1. The van der Waals surface area contributed by atoms with E-state index in [4.69, 9.17) is 10.5 Å². The monoisotopic (exact) mass is 407 g/mol. The first-order valence-electron chi connectivity index (χ1n) is 9.09. The Hall–Kier alpha value is -2.58. The van der Waals surface area contributed by atoms with Crippen LogP contribution in [0.25, 0.3) is 5.69 Å². The highest BCUT2D eigenvalue weighted by atomic mass is 35.5. The maximum atomic E-state index is 12.8. The second kappa shape index (κ2) is 10.1. The lowest BCUT2D eigenvalue weighted by molar-refractivity contribution is -0.126. The van der Waals surface area contributed by atoms with E-state index < -0.39 is 0 Å². The molecular weight excluding hydrogens is 382 g/mol. The minimum Gasteiger partial charge on any atom is -0.497 e. The molecule has 8 nitrogen and oxygen atoms in total. The van der Waals surface area contributed by atoms with E-state index in [9.17, 15) is 9.59 Å². The molecule has 1 aliphatic heterocycles. The summed E-state index contributed by atoms with van der Waals surface area (Å²) in [5.41, 5.74) is 6.64. The van der Waals surface area contributed by atoms with Crippen LogP contribution < -0.4 is 15.8 Å². The van der Waals surface area contributed by atoms with Crippen LogP contribution in [-0.4, -0.2) is 59.8 Å². The molecule has 1 atom stereocenters. The van der Waals surface area contributed by atoms with Crippen LogP contribution in [0.15, 0.2) is 36.5 Å². The van der Waals surface area contributed by atoms with E-state index in [0.29, 0.717) is 31.9 Å². The average Bonchev–Trinajstić information content (AvgIpc) is 3.21. The molecule has 2 heterocycles. The number of piperidine rings is 1. The summed E-state index contributed by atoms with van der Waals surface area (Å²) >= 11 is 0. The number of ether oxygens (including phenoxy) is 1. The number of nitrogens with zero attached hydrogens (tertiary/aromatic N) is 3. The van der Waals surface area contributed by atoms with Crippen molar-refractivity contribution in [2.24, 2.45) is 11.7 Å². The molecule has 2 aromatic rings. The summed E-state index contributed by atoms with van der Waals surface area (Å²) in [7, 11) is 1.61. The van der Waals surface area contributed by atoms with Gasteiger partial charge in [0.05, 0.1) is 18.7 Å². The third kappa shape index (κ3) is 5.02. The number of hydrogen-bond donors (Lipinski definition) is 2. The van der Waals surface area contributed by atoms with Gasteiger partial charge in [-0.1, -0.05) is 0 Å². The molecule has 3 rings (SSSR count). The Morgan fingerprint density at radius 3 is 2.71 bits per heavy atom. The van der Waals surface area contributed by atoms with Crippen molar-refractivity contribution in [3.05, 3.63) is 42.2 Å². The molecule has 3 N–H and O–H groups in total. The van der Waals surface area contributed by atoms with E-state index in [0.717, 1.165) is 24.3 Å². The van der Waals surface area contributed by atoms with Crippen LogP contribution in [0.5, 0.6) is 5.75 Å². The van der Waals surface area contributed by atoms with Gasteiger partial charge in [-0.25, -0.2) is 4.68 Å². The molecule has 0 saturated carbocycles. The van der Waals surface area contributed by atoms with E-state index in [1.165, 1.54) is 0 Å². The van der Waals surface area contributed by atoms with Gasteiger partial charge in [0, 0.05) is 32.4 Å². The SMILES string of the molecule is COc1ccc(-n2ccc(C(=O)N3CCCC(C(=O)NCCN)C3)n2)cc1.Cl. The number of methoxy groups -OCH3 is 1. The number of nitrogens with one attached hydrogen (secondary N) is 1. The zero-order valence-electron chi connectivity index (χ0n) is 15.8. The topological polar surface area (TPSA) is 102 Å². The smallest absolute Gasteiger partial charge is 0.274 e. The van der Waals surface area contributed by atoms with Gasteiger partial charge in [0.15, 0.2) is 5.69 Å². The number of likely N-dealkylation sites (tertiary alicyclic amines) is 1. The number of halogens is 1. The first kappa shape index (κ1) is 21.7. The van der Waals surface area contributed by atoms with Gasteiger partial charge in [-0.15, -0.1) is 12.4 Å². The third-order valence-electron chi connectivity index (χ3n) is 4.67. The van der Waals surface area contributed by atoms with E-state index in [2.05, 4.69) is 10.4 Å². The standard InChI is InChI=1S/C19H25N5O3.ClH/c1-27-16-6-4-15(5-7-16)24-12-8-17(22-24)19(26)23-11-2-3-14(13-23)18(25)21-10-9-20;/h4-8,12,14H,2-3,9-11,13,20H2,1H3,(H,21,25);1H. The predicted octanol–water partition coefficient (Wildman–Crippen LogP) is 1.23. The molecule has 152 valence electrons. The summed E-state index contributed by atoms with van der Waals surface area (Å²) in [6.07, 6.45) is 3.33. The second-order valence-electron chi connectivity index (χ2n) is 6.51. The number of amides is 2. The lowest BCUT2D eigenvalue weighted by atomic mass is 9.97. The molecule has 1 aliphatic rings. The van der Waals surface area contributed by atoms with Gasteiger partial charge in [0.2, 0.25) is 5.91 Å². The van der Waals surface area contributed by atoms with Gasteiger partial charge in [-0.3, -0.25) is 9.59 Å². The Kier molecular flexibility index (Phi) is 7.83. The van der Waals surface area contributed by atoms with Crippen LogP contribution in [0, 0.1) is 5.92 Å². The largest absolute Gasteiger partial charge is 0.497 e. The zero-order valence-corrected chi connectivity index (χ0v) is 16.7. The Balaban J connectivity index is 0.00000280. The van der Waals surface area contributed by atoms with Crippen LogP contribution in [0.4, 0.5) is 0 Å². The number of hydrogen-bond acceptors (Lipinski definition) is 5. The number of carbonyl (C=O) groups excluding carboxylic acids is 2. The molecule has 9 heteroatoms. The van der Waals surface area contributed by atoms with Gasteiger partial charge in [0.25, 0.3) is 5.91 Å². The summed E-state index contributed by atoms with van der Waals surface area (Å²) in [6.45, 7) is 1.90. The van der Waals surface area contributed by atoms with E-state index >= 15 is 0 Å². The Morgan fingerprint density at radius 1 is 1.29 bits per heavy atom. The maximum absolute atomic E-state index is 12.8. The van der Waals surface area contributed by atoms with Crippen molar-refractivity contribution < 1.29 is 14.3 Å². The lowest BCUT2D eigenvalue weighted by Crippen LogP contribution is -2.46. The lowest BCUT2D eigenvalue weighted by Gasteiger charge is -2.31. The van der Waals surface area contributed by atoms with Crippen LogP contribution in [0.2, 0.25) is 0 Å². The third-order valence-corrected chi connectivity index (χ3v) is 4.67. The van der Waals surface area contributed by atoms with E-state index in [1.54, 1.807) is 29.0 Å². The second-order valence-corrected chi connectivity index (χ2v) is 6.51. The molecule has 1 fully saturated rings. The van der Waals surface area contributed by atoms with E-state index in [1.807, 2.05) is 24.3 Å². The first-order chi connectivity index (χ1) is 13.1. The molecule has 0 radical (unpaired) electrons. The summed E-state index contributed by atoms with van der Waals surface area (Å²) < 4.78 is 6.81. The molecule has 1 aromatic carbocycles.